The molecule has 8 nitrogen and oxygen atoms in total. The molecule has 0 fully saturated rings. The summed E-state index contributed by atoms with van der Waals surface area (Å²) in [5.74, 6) is -0.722. The van der Waals surface area contributed by atoms with Gasteiger partial charge in [-0.3, -0.25) is 4.90 Å². The van der Waals surface area contributed by atoms with Crippen molar-refractivity contribution in [3.8, 4) is 5.75 Å². The second-order valence-electron chi connectivity index (χ2n) is 7.97. The highest BCUT2D eigenvalue weighted by Crippen LogP contribution is 2.30. The van der Waals surface area contributed by atoms with E-state index in [0.717, 1.165) is 28.1 Å². The lowest BCUT2D eigenvalue weighted by atomic mass is 10.0. The van der Waals surface area contributed by atoms with Crippen LogP contribution in [0.25, 0.3) is 0 Å². The predicted molar refractivity (Wildman–Crippen MR) is 125 cm³/mol. The number of nitrogens with zero attached hydrogens (tertiary/aromatic N) is 2. The molecule has 0 saturated carbocycles. The Hall–Kier alpha value is -4.33. The Bertz CT molecular complexity index is 1220. The largest absolute Gasteiger partial charge is 0.497 e. The fraction of sp³-hybridized carbons (Fsp3) is 0.192. The number of ether oxygens (including phenoxy) is 2. The Morgan fingerprint density at radius 3 is 2.24 bits per heavy atom. The smallest absolute Gasteiger partial charge is 0.338 e. The fourth-order valence-corrected chi connectivity index (χ4v) is 3.81. The average Bonchev–Trinajstić information content (AvgIpc) is 2.86. The molecular weight excluding hydrogens is 436 g/mol. The summed E-state index contributed by atoms with van der Waals surface area (Å²) in [5, 5.41) is 9.06. The van der Waals surface area contributed by atoms with Gasteiger partial charge in [0.25, 0.3) is 0 Å². The van der Waals surface area contributed by atoms with Crippen LogP contribution in [0.5, 0.6) is 5.75 Å². The molecule has 1 N–H and O–H groups in total. The molecule has 1 aliphatic heterocycles. The van der Waals surface area contributed by atoms with E-state index in [2.05, 4.69) is 0 Å². The van der Waals surface area contributed by atoms with Crippen LogP contribution in [0.15, 0.2) is 66.7 Å². The van der Waals surface area contributed by atoms with E-state index in [4.69, 9.17) is 14.6 Å². The van der Waals surface area contributed by atoms with Crippen molar-refractivity contribution >= 4 is 23.7 Å². The van der Waals surface area contributed by atoms with E-state index in [-0.39, 0.29) is 18.2 Å². The highest BCUT2D eigenvalue weighted by Gasteiger charge is 2.28. The Morgan fingerprint density at radius 1 is 0.941 bits per heavy atom. The highest BCUT2D eigenvalue weighted by molar-refractivity contribution is 5.96. The fourth-order valence-electron chi connectivity index (χ4n) is 3.81. The van der Waals surface area contributed by atoms with E-state index in [1.54, 1.807) is 61.5 Å². The molecule has 0 aromatic heterocycles. The molecule has 2 amide bonds. The van der Waals surface area contributed by atoms with E-state index in [9.17, 15) is 14.4 Å². The maximum atomic E-state index is 12.8. The van der Waals surface area contributed by atoms with Gasteiger partial charge in [0.1, 0.15) is 12.4 Å². The number of carbonyl (C=O) groups is 3. The molecular formula is C26H24N2O6. The summed E-state index contributed by atoms with van der Waals surface area (Å²) < 4.78 is 10.6. The number of carbonyl (C=O) groups excluding carboxylic acids is 2. The molecule has 1 aliphatic rings. The van der Waals surface area contributed by atoms with Crippen molar-refractivity contribution in [2.24, 2.45) is 0 Å². The molecule has 0 aliphatic carbocycles. The van der Waals surface area contributed by atoms with Crippen molar-refractivity contribution in [2.75, 3.05) is 19.1 Å². The van der Waals surface area contributed by atoms with Crippen LogP contribution in [-0.4, -0.2) is 42.1 Å². The maximum absolute atomic E-state index is 12.8. The summed E-state index contributed by atoms with van der Waals surface area (Å²) in [5.41, 5.74) is 3.80. The number of carboxylic acid groups (broad SMARTS) is 1. The van der Waals surface area contributed by atoms with Crippen molar-refractivity contribution in [3.63, 3.8) is 0 Å². The molecule has 0 saturated heterocycles. The number of anilines is 1. The summed E-state index contributed by atoms with van der Waals surface area (Å²) in [7, 11) is 3.27. The van der Waals surface area contributed by atoms with Crippen molar-refractivity contribution in [3.05, 3.63) is 94.5 Å². The van der Waals surface area contributed by atoms with Crippen molar-refractivity contribution in [2.45, 2.75) is 19.7 Å². The van der Waals surface area contributed by atoms with Crippen LogP contribution in [-0.2, 0) is 24.4 Å². The van der Waals surface area contributed by atoms with Crippen LogP contribution in [0.4, 0.5) is 10.5 Å². The summed E-state index contributed by atoms with van der Waals surface area (Å²) in [6, 6.07) is 18.7. The van der Waals surface area contributed by atoms with Gasteiger partial charge in [0, 0.05) is 20.1 Å². The monoisotopic (exact) mass is 460 g/mol. The molecule has 3 aromatic rings. The lowest BCUT2D eigenvalue weighted by Gasteiger charge is -2.35. The molecule has 0 atom stereocenters. The maximum Gasteiger partial charge on any atom is 0.338 e. The van der Waals surface area contributed by atoms with Crippen molar-refractivity contribution < 1.29 is 29.0 Å². The summed E-state index contributed by atoms with van der Waals surface area (Å²) >= 11 is 0. The average molecular weight is 460 g/mol. The Balaban J connectivity index is 1.46. The van der Waals surface area contributed by atoms with Crippen molar-refractivity contribution in [1.29, 1.82) is 0 Å². The topological polar surface area (TPSA) is 96.4 Å². The summed E-state index contributed by atoms with van der Waals surface area (Å²) in [4.78, 5) is 39.7. The zero-order chi connectivity index (χ0) is 24.2. The van der Waals surface area contributed by atoms with Gasteiger partial charge in [-0.25, -0.2) is 14.4 Å². The van der Waals surface area contributed by atoms with Gasteiger partial charge in [-0.15, -0.1) is 0 Å². The summed E-state index contributed by atoms with van der Waals surface area (Å²) in [6.07, 6.45) is 0. The number of hydrogen-bond acceptors (Lipinski definition) is 5. The quantitative estimate of drug-likeness (QED) is 0.528. The molecule has 0 bridgehead atoms. The molecule has 4 rings (SSSR count). The highest BCUT2D eigenvalue weighted by atomic mass is 16.5. The van der Waals surface area contributed by atoms with Gasteiger partial charge < -0.3 is 19.5 Å². The van der Waals surface area contributed by atoms with Gasteiger partial charge in [0.15, 0.2) is 0 Å². The number of hydrogen-bond donors (Lipinski definition) is 1. The molecule has 0 spiro atoms. The minimum atomic E-state index is -0.999. The third-order valence-electron chi connectivity index (χ3n) is 5.70. The van der Waals surface area contributed by atoms with E-state index in [0.29, 0.717) is 18.7 Å². The minimum Gasteiger partial charge on any atom is -0.497 e. The van der Waals surface area contributed by atoms with E-state index < -0.39 is 11.9 Å². The number of urea groups is 1. The van der Waals surface area contributed by atoms with Crippen LogP contribution in [0, 0.1) is 0 Å². The first kappa shape index (κ1) is 22.8. The molecule has 0 radical (unpaired) electrons. The lowest BCUT2D eigenvalue weighted by molar-refractivity contribution is 0.0472. The van der Waals surface area contributed by atoms with Crippen LogP contribution >= 0.6 is 0 Å². The number of esters is 1. The number of benzene rings is 3. The van der Waals surface area contributed by atoms with Gasteiger partial charge in [-0.2, -0.15) is 0 Å². The number of amides is 2. The van der Waals surface area contributed by atoms with E-state index in [1.807, 2.05) is 12.1 Å². The minimum absolute atomic E-state index is 0.136. The van der Waals surface area contributed by atoms with Gasteiger partial charge in [-0.05, 0) is 59.2 Å². The van der Waals surface area contributed by atoms with Gasteiger partial charge in [0.2, 0.25) is 0 Å². The van der Waals surface area contributed by atoms with Gasteiger partial charge in [0.05, 0.1) is 23.9 Å². The molecule has 8 heteroatoms. The van der Waals surface area contributed by atoms with Gasteiger partial charge >= 0.3 is 18.0 Å². The molecule has 3 aromatic carbocycles. The molecule has 1 heterocycles. The van der Waals surface area contributed by atoms with Gasteiger partial charge in [-0.1, -0.05) is 24.3 Å². The van der Waals surface area contributed by atoms with Crippen LogP contribution in [0.1, 0.15) is 37.4 Å². The second kappa shape index (κ2) is 9.66. The van der Waals surface area contributed by atoms with E-state index >= 15 is 0 Å². The standard InChI is InChI=1S/C26H24N2O6/c1-27-23-12-9-20(25(31)34-16-18-5-10-22(33-2)11-6-18)13-21(23)15-28(26(27)32)14-17-3-7-19(8-4-17)24(29)30/h3-13H,14-16H2,1-2H3,(H,29,30). The molecule has 0 unspecified atom stereocenters. The zero-order valence-electron chi connectivity index (χ0n) is 18.9. The second-order valence-corrected chi connectivity index (χ2v) is 7.97. The Morgan fingerprint density at radius 2 is 1.59 bits per heavy atom. The summed E-state index contributed by atoms with van der Waals surface area (Å²) in [6.45, 7) is 0.768. The number of aromatic carboxylic acids is 1. The van der Waals surface area contributed by atoms with E-state index in [1.165, 1.54) is 17.0 Å². The van der Waals surface area contributed by atoms with Crippen LogP contribution in [0.2, 0.25) is 0 Å². The Kier molecular flexibility index (Phi) is 6.49. The number of rotatable bonds is 7. The predicted octanol–water partition coefficient (Wildman–Crippen LogP) is 4.32. The first-order valence-electron chi connectivity index (χ1n) is 10.6. The third kappa shape index (κ3) is 4.85. The van der Waals surface area contributed by atoms with Crippen molar-refractivity contribution in [1.82, 2.24) is 4.90 Å². The first-order valence-corrected chi connectivity index (χ1v) is 10.6. The SMILES string of the molecule is COc1ccc(COC(=O)c2ccc3c(c2)CN(Cc2ccc(C(=O)O)cc2)C(=O)N3C)cc1. The van der Waals surface area contributed by atoms with Crippen LogP contribution in [0.3, 0.4) is 0 Å². The third-order valence-corrected chi connectivity index (χ3v) is 5.70. The van der Waals surface area contributed by atoms with Crippen LogP contribution < -0.4 is 9.64 Å². The normalized spacial score (nSPS) is 12.8. The number of methoxy groups -OCH3 is 1. The Labute approximate surface area is 196 Å². The molecule has 174 valence electrons. The zero-order valence-corrected chi connectivity index (χ0v) is 18.9. The first-order chi connectivity index (χ1) is 16.4. The number of carboxylic acids is 1. The molecule has 34 heavy (non-hydrogen) atoms. The lowest BCUT2D eigenvalue weighted by Crippen LogP contribution is -2.44. The number of fused-ring (bicyclic) bond motifs is 1.